The average Bonchev–Trinajstić information content (AvgIpc) is 3.05. The highest BCUT2D eigenvalue weighted by molar-refractivity contribution is 5.87. The van der Waals surface area contributed by atoms with Crippen LogP contribution in [0.15, 0.2) is 0 Å². The fourth-order valence-corrected chi connectivity index (χ4v) is 8.69. The number of nitrogens with zero attached hydrogens (tertiary/aromatic N) is 1. The van der Waals surface area contributed by atoms with Crippen molar-refractivity contribution >= 4 is 5.78 Å². The van der Waals surface area contributed by atoms with Crippen molar-refractivity contribution in [3.8, 4) is 0 Å². The second-order valence-corrected chi connectivity index (χ2v) is 12.5. The minimum atomic E-state index is -0.495. The SMILES string of the molecule is CCCCN(CCCC)CC1(O)CC[C@@]2(C)C(CC[C@@H]3[C@H]2CC[C@]2(C)C(=O)CC[C@@H]32)C1. The van der Waals surface area contributed by atoms with Crippen molar-refractivity contribution in [2.75, 3.05) is 19.6 Å². The first-order valence-corrected chi connectivity index (χ1v) is 13.7. The molecule has 178 valence electrons. The predicted molar refractivity (Wildman–Crippen MR) is 128 cm³/mol. The number of unbranched alkanes of at least 4 members (excludes halogenated alkanes) is 2. The van der Waals surface area contributed by atoms with Gasteiger partial charge in [0.15, 0.2) is 0 Å². The molecule has 0 aromatic rings. The number of aliphatic hydroxyl groups is 1. The van der Waals surface area contributed by atoms with Crippen LogP contribution in [0, 0.1) is 34.5 Å². The van der Waals surface area contributed by atoms with Crippen LogP contribution in [0.25, 0.3) is 0 Å². The Balaban J connectivity index is 1.45. The van der Waals surface area contributed by atoms with Gasteiger partial charge >= 0.3 is 0 Å². The van der Waals surface area contributed by atoms with Crippen LogP contribution in [0.5, 0.6) is 0 Å². The molecule has 0 heterocycles. The summed E-state index contributed by atoms with van der Waals surface area (Å²) in [4.78, 5) is 15.2. The number of hydrogen-bond acceptors (Lipinski definition) is 3. The van der Waals surface area contributed by atoms with Crippen LogP contribution in [0.2, 0.25) is 0 Å². The fourth-order valence-electron chi connectivity index (χ4n) is 8.69. The lowest BCUT2D eigenvalue weighted by molar-refractivity contribution is -0.157. The summed E-state index contributed by atoms with van der Waals surface area (Å²) in [5.74, 6) is 3.38. The molecule has 0 aliphatic heterocycles. The van der Waals surface area contributed by atoms with Crippen LogP contribution < -0.4 is 0 Å². The van der Waals surface area contributed by atoms with Crippen molar-refractivity contribution in [1.29, 1.82) is 0 Å². The first kappa shape index (κ1) is 23.7. The van der Waals surface area contributed by atoms with Crippen LogP contribution >= 0.6 is 0 Å². The molecule has 3 heteroatoms. The van der Waals surface area contributed by atoms with Gasteiger partial charge in [-0.3, -0.25) is 4.79 Å². The third kappa shape index (κ3) is 4.27. The van der Waals surface area contributed by atoms with Crippen LogP contribution in [0.3, 0.4) is 0 Å². The second kappa shape index (κ2) is 9.09. The predicted octanol–water partition coefficient (Wildman–Crippen LogP) is 6.23. The van der Waals surface area contributed by atoms with E-state index < -0.39 is 5.60 Å². The maximum atomic E-state index is 12.7. The van der Waals surface area contributed by atoms with Crippen molar-refractivity contribution < 1.29 is 9.90 Å². The van der Waals surface area contributed by atoms with E-state index in [1.165, 1.54) is 51.4 Å². The molecule has 0 aromatic carbocycles. The van der Waals surface area contributed by atoms with Gasteiger partial charge in [0.2, 0.25) is 0 Å². The average molecular weight is 432 g/mol. The smallest absolute Gasteiger partial charge is 0.139 e. The van der Waals surface area contributed by atoms with Crippen LogP contribution in [-0.2, 0) is 4.79 Å². The van der Waals surface area contributed by atoms with Gasteiger partial charge in [-0.05, 0) is 106 Å². The van der Waals surface area contributed by atoms with Gasteiger partial charge < -0.3 is 10.0 Å². The minimum Gasteiger partial charge on any atom is -0.389 e. The number of hydrogen-bond donors (Lipinski definition) is 1. The molecule has 31 heavy (non-hydrogen) atoms. The zero-order chi connectivity index (χ0) is 22.3. The number of carbonyl (C=O) groups excluding carboxylic acids is 1. The molecule has 0 saturated heterocycles. The van der Waals surface area contributed by atoms with E-state index in [0.29, 0.717) is 23.0 Å². The Kier molecular flexibility index (Phi) is 6.96. The highest BCUT2D eigenvalue weighted by Crippen LogP contribution is 2.66. The van der Waals surface area contributed by atoms with E-state index in [1.807, 2.05) is 0 Å². The van der Waals surface area contributed by atoms with Gasteiger partial charge in [0.05, 0.1) is 5.60 Å². The van der Waals surface area contributed by atoms with Gasteiger partial charge in [0.1, 0.15) is 5.78 Å². The first-order chi connectivity index (χ1) is 14.8. The topological polar surface area (TPSA) is 40.5 Å². The molecule has 4 aliphatic carbocycles. The molecule has 4 saturated carbocycles. The van der Waals surface area contributed by atoms with E-state index in [9.17, 15) is 9.90 Å². The Morgan fingerprint density at radius 2 is 1.65 bits per heavy atom. The van der Waals surface area contributed by atoms with Crippen LogP contribution in [0.1, 0.15) is 111 Å². The lowest BCUT2D eigenvalue weighted by Crippen LogP contribution is -2.57. The summed E-state index contributed by atoms with van der Waals surface area (Å²) in [5.41, 5.74) is -0.135. The molecule has 0 spiro atoms. The molecule has 0 amide bonds. The van der Waals surface area contributed by atoms with E-state index in [-0.39, 0.29) is 5.41 Å². The zero-order valence-corrected chi connectivity index (χ0v) is 20.9. The van der Waals surface area contributed by atoms with Gasteiger partial charge in [0.25, 0.3) is 0 Å². The normalized spacial score (nSPS) is 44.8. The van der Waals surface area contributed by atoms with Gasteiger partial charge in [-0.25, -0.2) is 0 Å². The van der Waals surface area contributed by atoms with E-state index in [4.69, 9.17) is 0 Å². The summed E-state index contributed by atoms with van der Waals surface area (Å²) in [6.07, 6.45) is 15.0. The monoisotopic (exact) mass is 431 g/mol. The Labute approximate surface area is 191 Å². The third-order valence-corrected chi connectivity index (χ3v) is 10.7. The highest BCUT2D eigenvalue weighted by atomic mass is 16.3. The summed E-state index contributed by atoms with van der Waals surface area (Å²) in [6, 6.07) is 0. The Morgan fingerprint density at radius 3 is 2.32 bits per heavy atom. The number of ketones is 1. The van der Waals surface area contributed by atoms with E-state index in [2.05, 4.69) is 32.6 Å². The number of carbonyl (C=O) groups is 1. The van der Waals surface area contributed by atoms with Gasteiger partial charge in [-0.2, -0.15) is 0 Å². The molecule has 1 N–H and O–H groups in total. The lowest BCUT2D eigenvalue weighted by atomic mass is 9.44. The maximum absolute atomic E-state index is 12.7. The number of Topliss-reactive ketones (excluding diaryl/α,β-unsaturated/α-hetero) is 1. The lowest BCUT2D eigenvalue weighted by Gasteiger charge is -2.61. The molecule has 4 aliphatic rings. The number of fused-ring (bicyclic) bond motifs is 5. The van der Waals surface area contributed by atoms with Crippen LogP contribution in [0.4, 0.5) is 0 Å². The fraction of sp³-hybridized carbons (Fsp3) is 0.964. The first-order valence-electron chi connectivity index (χ1n) is 13.7. The zero-order valence-electron chi connectivity index (χ0n) is 20.9. The molecule has 7 atom stereocenters. The quantitative estimate of drug-likeness (QED) is 0.495. The third-order valence-electron chi connectivity index (χ3n) is 10.7. The molecule has 3 nitrogen and oxygen atoms in total. The Hall–Kier alpha value is -0.410. The standard InChI is InChI=1S/C28H49NO2/c1-5-7-17-29(18-8-6-2)20-28(31)16-15-26(3)21(19-28)9-10-22-23-11-12-25(30)27(23,4)14-13-24(22)26/h21-24,31H,5-20H2,1-4H3/t21?,22-,23-,24+,26-,27-,28?/m0/s1. The van der Waals surface area contributed by atoms with Crippen molar-refractivity contribution in [2.45, 2.75) is 117 Å². The number of rotatable bonds is 8. The summed E-state index contributed by atoms with van der Waals surface area (Å²) in [5, 5.41) is 11.7. The van der Waals surface area contributed by atoms with Gasteiger partial charge in [-0.1, -0.05) is 40.5 Å². The largest absolute Gasteiger partial charge is 0.389 e. The van der Waals surface area contributed by atoms with E-state index in [0.717, 1.165) is 63.6 Å². The summed E-state index contributed by atoms with van der Waals surface area (Å²) >= 11 is 0. The van der Waals surface area contributed by atoms with Crippen LogP contribution in [-0.4, -0.2) is 41.0 Å². The molecule has 0 radical (unpaired) electrons. The molecular formula is C28H49NO2. The van der Waals surface area contributed by atoms with Gasteiger partial charge in [-0.15, -0.1) is 0 Å². The summed E-state index contributed by atoms with van der Waals surface area (Å²) < 4.78 is 0. The molecule has 0 aromatic heterocycles. The molecule has 4 rings (SSSR count). The molecule has 0 bridgehead atoms. The summed E-state index contributed by atoms with van der Waals surface area (Å²) in [7, 11) is 0. The molecule has 4 fully saturated rings. The molecule has 2 unspecified atom stereocenters. The van der Waals surface area contributed by atoms with Crippen molar-refractivity contribution in [2.24, 2.45) is 34.5 Å². The van der Waals surface area contributed by atoms with Gasteiger partial charge in [0, 0.05) is 18.4 Å². The Bertz CT molecular complexity index is 641. The highest BCUT2D eigenvalue weighted by Gasteiger charge is 2.61. The minimum absolute atomic E-state index is 0.0151. The Morgan fingerprint density at radius 1 is 0.935 bits per heavy atom. The molecular weight excluding hydrogens is 382 g/mol. The van der Waals surface area contributed by atoms with E-state index >= 15 is 0 Å². The summed E-state index contributed by atoms with van der Waals surface area (Å²) in [6.45, 7) is 12.6. The second-order valence-electron chi connectivity index (χ2n) is 12.5. The van der Waals surface area contributed by atoms with E-state index in [1.54, 1.807) is 0 Å². The van der Waals surface area contributed by atoms with Crippen molar-refractivity contribution in [1.82, 2.24) is 4.90 Å². The van der Waals surface area contributed by atoms with Crippen molar-refractivity contribution in [3.05, 3.63) is 0 Å². The maximum Gasteiger partial charge on any atom is 0.139 e. The van der Waals surface area contributed by atoms with Crippen molar-refractivity contribution in [3.63, 3.8) is 0 Å².